The van der Waals surface area contributed by atoms with Crippen LogP contribution in [0.25, 0.3) is 11.3 Å². The maximum absolute atomic E-state index is 4.98. The van der Waals surface area contributed by atoms with Gasteiger partial charge in [-0.2, -0.15) is 10.2 Å². The zero-order valence-electron chi connectivity index (χ0n) is 10.1. The Balaban J connectivity index is 2.02. The lowest BCUT2D eigenvalue weighted by Gasteiger charge is -2.03. The number of aryl methyl sites for hydroxylation is 1. The maximum atomic E-state index is 4.98. The summed E-state index contributed by atoms with van der Waals surface area (Å²) in [6.07, 6.45) is 5.63. The summed E-state index contributed by atoms with van der Waals surface area (Å²) in [6.45, 7) is 2.30. The van der Waals surface area contributed by atoms with Crippen LogP contribution in [0.15, 0.2) is 18.6 Å². The molecule has 0 atom stereocenters. The smallest absolute Gasteiger partial charge is 0.0726 e. The van der Waals surface area contributed by atoms with Gasteiger partial charge in [-0.25, -0.2) is 0 Å². The Kier molecular flexibility index (Phi) is 3.89. The Bertz CT molecular complexity index is 462. The molecule has 92 valence electrons. The van der Waals surface area contributed by atoms with Gasteiger partial charge < -0.3 is 10.1 Å². The van der Waals surface area contributed by atoms with E-state index in [4.69, 9.17) is 4.74 Å². The molecule has 0 saturated heterocycles. The molecule has 17 heavy (non-hydrogen) atoms. The van der Waals surface area contributed by atoms with Gasteiger partial charge in [-0.15, -0.1) is 0 Å². The van der Waals surface area contributed by atoms with Gasteiger partial charge in [0.1, 0.15) is 0 Å². The highest BCUT2D eigenvalue weighted by molar-refractivity contribution is 5.60. The highest BCUT2D eigenvalue weighted by Crippen LogP contribution is 2.19. The summed E-state index contributed by atoms with van der Waals surface area (Å²) in [7, 11) is 3.59. The summed E-state index contributed by atoms with van der Waals surface area (Å²) in [5.41, 5.74) is 3.20. The lowest BCUT2D eigenvalue weighted by molar-refractivity contribution is 0.199. The third-order valence-corrected chi connectivity index (χ3v) is 2.51. The van der Waals surface area contributed by atoms with Crippen LogP contribution in [0.5, 0.6) is 0 Å². The molecule has 0 fully saturated rings. The number of nitrogens with zero attached hydrogens (tertiary/aromatic N) is 3. The number of hydrogen-bond donors (Lipinski definition) is 2. The fourth-order valence-electron chi connectivity index (χ4n) is 1.64. The molecule has 0 aliphatic carbocycles. The second-order valence-corrected chi connectivity index (χ2v) is 3.84. The topological polar surface area (TPSA) is 67.8 Å². The average Bonchev–Trinajstić information content (AvgIpc) is 2.93. The Labute approximate surface area is 100.0 Å². The van der Waals surface area contributed by atoms with Crippen LogP contribution < -0.4 is 5.32 Å². The van der Waals surface area contributed by atoms with Gasteiger partial charge in [0.2, 0.25) is 0 Å². The summed E-state index contributed by atoms with van der Waals surface area (Å²) in [5.74, 6) is 0. The Morgan fingerprint density at radius 1 is 1.47 bits per heavy atom. The van der Waals surface area contributed by atoms with E-state index < -0.39 is 0 Å². The Hall–Kier alpha value is -1.66. The Morgan fingerprint density at radius 2 is 2.35 bits per heavy atom. The molecule has 0 unspecified atom stereocenters. The monoisotopic (exact) mass is 235 g/mol. The molecular formula is C11H17N5O. The van der Waals surface area contributed by atoms with Crippen LogP contribution in [0.3, 0.4) is 0 Å². The first-order valence-corrected chi connectivity index (χ1v) is 5.52. The van der Waals surface area contributed by atoms with Crippen molar-refractivity contribution >= 4 is 0 Å². The summed E-state index contributed by atoms with van der Waals surface area (Å²) in [6, 6.07) is 0. The highest BCUT2D eigenvalue weighted by atomic mass is 16.5. The van der Waals surface area contributed by atoms with E-state index >= 15 is 0 Å². The van der Waals surface area contributed by atoms with Crippen molar-refractivity contribution in [1.29, 1.82) is 0 Å². The van der Waals surface area contributed by atoms with Crippen LogP contribution in [-0.4, -0.2) is 40.2 Å². The molecular weight excluding hydrogens is 218 g/mol. The molecule has 2 N–H and O–H groups in total. The van der Waals surface area contributed by atoms with E-state index in [-0.39, 0.29) is 0 Å². The van der Waals surface area contributed by atoms with Gasteiger partial charge in [0, 0.05) is 44.6 Å². The van der Waals surface area contributed by atoms with Crippen LogP contribution in [0, 0.1) is 0 Å². The van der Waals surface area contributed by atoms with Gasteiger partial charge in [-0.05, 0) is 0 Å². The van der Waals surface area contributed by atoms with Crippen molar-refractivity contribution in [3.05, 3.63) is 24.2 Å². The molecule has 6 heteroatoms. The summed E-state index contributed by atoms with van der Waals surface area (Å²) < 4.78 is 6.76. The zero-order valence-corrected chi connectivity index (χ0v) is 10.1. The van der Waals surface area contributed by atoms with Gasteiger partial charge >= 0.3 is 0 Å². The zero-order chi connectivity index (χ0) is 12.1. The molecule has 0 aromatic carbocycles. The highest BCUT2D eigenvalue weighted by Gasteiger charge is 2.08. The van der Waals surface area contributed by atoms with Gasteiger partial charge in [0.05, 0.1) is 24.7 Å². The van der Waals surface area contributed by atoms with Crippen LogP contribution in [-0.2, 0) is 18.3 Å². The number of ether oxygens (including phenoxy) is 1. The summed E-state index contributed by atoms with van der Waals surface area (Å²) >= 11 is 0. The minimum atomic E-state index is 0.708. The number of hydrogen-bond acceptors (Lipinski definition) is 4. The predicted octanol–water partition coefficient (Wildman–Crippen LogP) is 0.546. The van der Waals surface area contributed by atoms with Gasteiger partial charge in [-0.1, -0.05) is 0 Å². The molecule has 0 saturated carbocycles. The number of aromatic amines is 1. The minimum Gasteiger partial charge on any atom is -0.383 e. The second-order valence-electron chi connectivity index (χ2n) is 3.84. The first kappa shape index (κ1) is 11.8. The van der Waals surface area contributed by atoms with Gasteiger partial charge in [0.15, 0.2) is 0 Å². The van der Waals surface area contributed by atoms with E-state index in [2.05, 4.69) is 20.6 Å². The molecule has 0 aliphatic rings. The number of rotatable bonds is 6. The molecule has 0 aliphatic heterocycles. The van der Waals surface area contributed by atoms with Crippen LogP contribution >= 0.6 is 0 Å². The van der Waals surface area contributed by atoms with Gasteiger partial charge in [0.25, 0.3) is 0 Å². The van der Waals surface area contributed by atoms with Crippen LogP contribution in [0.1, 0.15) is 5.56 Å². The maximum Gasteiger partial charge on any atom is 0.0726 e. The van der Waals surface area contributed by atoms with Crippen molar-refractivity contribution in [3.8, 4) is 11.3 Å². The standard InChI is InChI=1S/C11H17N5O/c1-16-8-10(7-14-16)11-9(6-13-15-11)5-12-3-4-17-2/h6-8,12H,3-5H2,1-2H3,(H,13,15). The van der Waals surface area contributed by atoms with Crippen molar-refractivity contribution in [2.24, 2.45) is 7.05 Å². The fourth-order valence-corrected chi connectivity index (χ4v) is 1.64. The average molecular weight is 235 g/mol. The van der Waals surface area contributed by atoms with Crippen LogP contribution in [0.2, 0.25) is 0 Å². The fraction of sp³-hybridized carbons (Fsp3) is 0.455. The molecule has 0 spiro atoms. The predicted molar refractivity (Wildman–Crippen MR) is 64.4 cm³/mol. The van der Waals surface area contributed by atoms with Crippen molar-refractivity contribution in [2.45, 2.75) is 6.54 Å². The normalized spacial score (nSPS) is 10.9. The first-order valence-electron chi connectivity index (χ1n) is 5.52. The third kappa shape index (κ3) is 2.92. The van der Waals surface area contributed by atoms with E-state index in [0.29, 0.717) is 6.61 Å². The lowest BCUT2D eigenvalue weighted by Crippen LogP contribution is -2.18. The molecule has 2 aromatic rings. The molecule has 0 radical (unpaired) electrons. The van der Waals surface area contributed by atoms with Gasteiger partial charge in [-0.3, -0.25) is 9.78 Å². The SMILES string of the molecule is COCCNCc1cn[nH]c1-c1cnn(C)c1. The molecule has 2 heterocycles. The van der Waals surface area contributed by atoms with E-state index in [1.807, 2.05) is 25.6 Å². The molecule has 2 rings (SSSR count). The van der Waals surface area contributed by atoms with E-state index in [9.17, 15) is 0 Å². The summed E-state index contributed by atoms with van der Waals surface area (Å²) in [5, 5.41) is 14.5. The van der Waals surface area contributed by atoms with Crippen molar-refractivity contribution < 1.29 is 4.74 Å². The number of nitrogens with one attached hydrogen (secondary N) is 2. The number of aromatic nitrogens is 4. The first-order chi connectivity index (χ1) is 8.31. The quantitative estimate of drug-likeness (QED) is 0.717. The second kappa shape index (κ2) is 5.60. The lowest BCUT2D eigenvalue weighted by atomic mass is 10.1. The van der Waals surface area contributed by atoms with E-state index in [0.717, 1.165) is 29.9 Å². The minimum absolute atomic E-state index is 0.708. The Morgan fingerprint density at radius 3 is 3.06 bits per heavy atom. The van der Waals surface area contributed by atoms with Crippen molar-refractivity contribution in [3.63, 3.8) is 0 Å². The number of methoxy groups -OCH3 is 1. The molecule has 0 bridgehead atoms. The van der Waals surface area contributed by atoms with Crippen molar-refractivity contribution in [1.82, 2.24) is 25.3 Å². The summed E-state index contributed by atoms with van der Waals surface area (Å²) in [4.78, 5) is 0. The van der Waals surface area contributed by atoms with E-state index in [1.54, 1.807) is 11.8 Å². The molecule has 6 nitrogen and oxygen atoms in total. The van der Waals surface area contributed by atoms with E-state index in [1.165, 1.54) is 0 Å². The molecule has 2 aromatic heterocycles. The number of H-pyrrole nitrogens is 1. The third-order valence-electron chi connectivity index (χ3n) is 2.51. The molecule has 0 amide bonds. The van der Waals surface area contributed by atoms with Crippen LogP contribution in [0.4, 0.5) is 0 Å². The van der Waals surface area contributed by atoms with Crippen molar-refractivity contribution in [2.75, 3.05) is 20.3 Å². The largest absolute Gasteiger partial charge is 0.383 e.